The largest absolute Gasteiger partial charge is 0.456 e. The van der Waals surface area contributed by atoms with Crippen LogP contribution in [0.25, 0.3) is 77.2 Å². The highest BCUT2D eigenvalue weighted by Gasteiger charge is 2.52. The Morgan fingerprint density at radius 2 is 0.945 bits per heavy atom. The Hall–Kier alpha value is -7.16. The fourth-order valence-corrected chi connectivity index (χ4v) is 10.6. The molecule has 0 bridgehead atoms. The zero-order valence-corrected chi connectivity index (χ0v) is 29.8. The van der Waals surface area contributed by atoms with Crippen LogP contribution in [0, 0.1) is 0 Å². The van der Waals surface area contributed by atoms with Crippen molar-refractivity contribution < 1.29 is 4.42 Å². The number of nitrogens with zero attached hydrogens (tertiary/aromatic N) is 1. The Labute approximate surface area is 318 Å². The Balaban J connectivity index is 1.17. The molecule has 0 saturated heterocycles. The summed E-state index contributed by atoms with van der Waals surface area (Å²) in [6, 6.07) is 69.6. The second kappa shape index (κ2) is 10.5. The molecule has 0 saturated carbocycles. The number of furan rings is 1. The monoisotopic (exact) mass is 697 g/mol. The molecule has 13 rings (SSSR count). The van der Waals surface area contributed by atoms with Gasteiger partial charge in [0.25, 0.3) is 0 Å². The summed E-state index contributed by atoms with van der Waals surface area (Å²) in [6.45, 7) is 0. The van der Waals surface area contributed by atoms with E-state index in [9.17, 15) is 0 Å². The predicted octanol–water partition coefficient (Wildman–Crippen LogP) is 14.2. The lowest BCUT2D eigenvalue weighted by atomic mass is 9.70. The summed E-state index contributed by atoms with van der Waals surface area (Å²) < 4.78 is 6.39. The molecular formula is C53H31NO. The Morgan fingerprint density at radius 1 is 0.364 bits per heavy atom. The summed E-state index contributed by atoms with van der Waals surface area (Å²) in [5.41, 5.74) is 20.4. The molecule has 0 aliphatic heterocycles. The molecule has 1 heterocycles. The van der Waals surface area contributed by atoms with E-state index in [0.29, 0.717) is 0 Å². The second-order valence-electron chi connectivity index (χ2n) is 15.1. The smallest absolute Gasteiger partial charge is 0.135 e. The SMILES string of the molecule is c1ccc2c(c1)-c1cccc3ccc(N(c4ccc5oc6ccccc6c5c4)c4cccc5c4-c4ccccc4C54c5ccccc5-c5ccccc54)c-2c13. The van der Waals surface area contributed by atoms with Crippen LogP contribution in [0.15, 0.2) is 192 Å². The van der Waals surface area contributed by atoms with Gasteiger partial charge in [-0.1, -0.05) is 152 Å². The molecule has 0 radical (unpaired) electrons. The molecule has 0 N–H and O–H groups in total. The molecule has 2 nitrogen and oxygen atoms in total. The molecule has 3 aliphatic rings. The molecule has 0 amide bonds. The summed E-state index contributed by atoms with van der Waals surface area (Å²) >= 11 is 0. The van der Waals surface area contributed by atoms with Gasteiger partial charge >= 0.3 is 0 Å². The summed E-state index contributed by atoms with van der Waals surface area (Å²) in [5.74, 6) is 0. The molecule has 10 aromatic rings. The lowest BCUT2D eigenvalue weighted by Crippen LogP contribution is -2.26. The highest BCUT2D eigenvalue weighted by molar-refractivity contribution is 6.20. The van der Waals surface area contributed by atoms with Gasteiger partial charge in [-0.25, -0.2) is 0 Å². The molecular weight excluding hydrogens is 667 g/mol. The van der Waals surface area contributed by atoms with E-state index in [2.05, 4.69) is 187 Å². The van der Waals surface area contributed by atoms with E-state index < -0.39 is 5.41 Å². The van der Waals surface area contributed by atoms with Crippen LogP contribution in [0.3, 0.4) is 0 Å². The summed E-state index contributed by atoms with van der Waals surface area (Å²) in [5, 5.41) is 4.80. The van der Waals surface area contributed by atoms with Gasteiger partial charge in [0.2, 0.25) is 0 Å². The van der Waals surface area contributed by atoms with Crippen LogP contribution in [0.4, 0.5) is 17.1 Å². The second-order valence-corrected chi connectivity index (χ2v) is 15.1. The summed E-state index contributed by atoms with van der Waals surface area (Å²) in [4.78, 5) is 2.54. The van der Waals surface area contributed by atoms with Crippen LogP contribution >= 0.6 is 0 Å². The standard InChI is InChI=1S/C53H31NO/c1-2-18-39-34(14-1)38-20-11-13-32-27-29-47(52(39)50(32)38)54(33-28-30-49-41(31-33)37-17-6-10-26-48(37)55-49)46-25-12-24-45-51(46)40-19-5-9-23-44(40)53(45)42-21-7-3-15-35(42)36-16-4-8-22-43(36)53/h1-31H. The fourth-order valence-electron chi connectivity index (χ4n) is 10.6. The first kappa shape index (κ1) is 29.3. The Morgan fingerprint density at radius 3 is 1.75 bits per heavy atom. The van der Waals surface area contributed by atoms with Crippen LogP contribution in [0.5, 0.6) is 0 Å². The van der Waals surface area contributed by atoms with Crippen molar-refractivity contribution in [3.05, 3.63) is 210 Å². The number of fused-ring (bicyclic) bond motifs is 16. The number of hydrogen-bond donors (Lipinski definition) is 0. The first-order chi connectivity index (χ1) is 27.3. The van der Waals surface area contributed by atoms with Crippen molar-refractivity contribution in [3.8, 4) is 44.5 Å². The van der Waals surface area contributed by atoms with Crippen LogP contribution in [-0.2, 0) is 5.41 Å². The van der Waals surface area contributed by atoms with Gasteiger partial charge in [0, 0.05) is 27.6 Å². The van der Waals surface area contributed by atoms with Crippen LogP contribution in [0.2, 0.25) is 0 Å². The Kier molecular flexibility index (Phi) is 5.59. The first-order valence-electron chi connectivity index (χ1n) is 19.1. The van der Waals surface area contributed by atoms with Crippen molar-refractivity contribution in [1.82, 2.24) is 0 Å². The maximum atomic E-state index is 6.39. The molecule has 9 aromatic carbocycles. The van der Waals surface area contributed by atoms with E-state index in [4.69, 9.17) is 4.42 Å². The third-order valence-corrected chi connectivity index (χ3v) is 12.6. The van der Waals surface area contributed by atoms with Gasteiger partial charge in [0.15, 0.2) is 0 Å². The van der Waals surface area contributed by atoms with E-state index in [1.807, 2.05) is 6.07 Å². The third kappa shape index (κ3) is 3.60. The summed E-state index contributed by atoms with van der Waals surface area (Å²) in [7, 11) is 0. The highest BCUT2D eigenvalue weighted by atomic mass is 16.3. The van der Waals surface area contributed by atoms with Crippen molar-refractivity contribution in [3.63, 3.8) is 0 Å². The van der Waals surface area contributed by atoms with Crippen molar-refractivity contribution in [2.75, 3.05) is 4.90 Å². The zero-order valence-electron chi connectivity index (χ0n) is 29.8. The lowest BCUT2D eigenvalue weighted by molar-refractivity contribution is 0.669. The van der Waals surface area contributed by atoms with Gasteiger partial charge in [0.1, 0.15) is 11.2 Å². The minimum Gasteiger partial charge on any atom is -0.456 e. The van der Waals surface area contributed by atoms with Crippen molar-refractivity contribution in [1.29, 1.82) is 0 Å². The maximum absolute atomic E-state index is 6.39. The predicted molar refractivity (Wildman–Crippen MR) is 227 cm³/mol. The number of benzene rings is 9. The molecule has 254 valence electrons. The average molecular weight is 698 g/mol. The minimum atomic E-state index is -0.439. The van der Waals surface area contributed by atoms with Crippen molar-refractivity contribution in [2.24, 2.45) is 0 Å². The van der Waals surface area contributed by atoms with E-state index in [1.165, 1.54) is 77.5 Å². The van der Waals surface area contributed by atoms with Crippen LogP contribution in [-0.4, -0.2) is 0 Å². The van der Waals surface area contributed by atoms with Crippen LogP contribution < -0.4 is 4.90 Å². The normalized spacial score (nSPS) is 13.6. The van der Waals surface area contributed by atoms with Gasteiger partial charge in [-0.15, -0.1) is 0 Å². The molecule has 3 aliphatic carbocycles. The average Bonchev–Trinajstić information content (AvgIpc) is 3.97. The van der Waals surface area contributed by atoms with Gasteiger partial charge < -0.3 is 9.32 Å². The van der Waals surface area contributed by atoms with Crippen LogP contribution in [0.1, 0.15) is 22.3 Å². The number of anilines is 3. The van der Waals surface area contributed by atoms with Gasteiger partial charge in [-0.2, -0.15) is 0 Å². The van der Waals surface area contributed by atoms with Gasteiger partial charge in [0.05, 0.1) is 16.8 Å². The van der Waals surface area contributed by atoms with E-state index in [1.54, 1.807) is 0 Å². The van der Waals surface area contributed by atoms with Crippen molar-refractivity contribution >= 4 is 49.8 Å². The highest BCUT2D eigenvalue weighted by Crippen LogP contribution is 2.65. The number of hydrogen-bond acceptors (Lipinski definition) is 2. The third-order valence-electron chi connectivity index (χ3n) is 12.6. The van der Waals surface area contributed by atoms with Gasteiger partial charge in [-0.05, 0) is 103 Å². The minimum absolute atomic E-state index is 0.439. The Bertz CT molecular complexity index is 3250. The topological polar surface area (TPSA) is 16.4 Å². The zero-order chi connectivity index (χ0) is 35.8. The molecule has 0 atom stereocenters. The molecule has 1 aromatic heterocycles. The summed E-state index contributed by atoms with van der Waals surface area (Å²) in [6.07, 6.45) is 0. The lowest BCUT2D eigenvalue weighted by Gasteiger charge is -2.32. The van der Waals surface area contributed by atoms with E-state index in [-0.39, 0.29) is 0 Å². The maximum Gasteiger partial charge on any atom is 0.135 e. The molecule has 2 heteroatoms. The van der Waals surface area contributed by atoms with E-state index >= 15 is 0 Å². The quantitative estimate of drug-likeness (QED) is 0.183. The van der Waals surface area contributed by atoms with Crippen molar-refractivity contribution in [2.45, 2.75) is 5.41 Å². The number of rotatable bonds is 3. The van der Waals surface area contributed by atoms with E-state index in [0.717, 1.165) is 39.0 Å². The van der Waals surface area contributed by atoms with Gasteiger partial charge in [-0.3, -0.25) is 0 Å². The molecule has 0 fully saturated rings. The molecule has 55 heavy (non-hydrogen) atoms. The molecule has 1 spiro atoms. The number of para-hydroxylation sites is 1. The first-order valence-corrected chi connectivity index (χ1v) is 19.1. The fraction of sp³-hybridized carbons (Fsp3) is 0.0189. The molecule has 0 unspecified atom stereocenters.